The van der Waals surface area contributed by atoms with Crippen LogP contribution in [0, 0.1) is 0 Å². The van der Waals surface area contributed by atoms with E-state index in [-0.39, 0.29) is 23.5 Å². The van der Waals surface area contributed by atoms with Gasteiger partial charge in [-0.2, -0.15) is 0 Å². The topological polar surface area (TPSA) is 86.7 Å². The first-order chi connectivity index (χ1) is 11.9. The maximum atomic E-state index is 12.7. The summed E-state index contributed by atoms with van der Waals surface area (Å²) >= 11 is 0. The lowest BCUT2D eigenvalue weighted by Crippen LogP contribution is -2.47. The molecule has 1 amide bonds. The first-order valence-electron chi connectivity index (χ1n) is 8.67. The number of rotatable bonds is 4. The molecule has 3 rings (SSSR count). The number of aromatic nitrogens is 2. The van der Waals surface area contributed by atoms with Crippen LogP contribution >= 0.6 is 0 Å². The molecule has 2 saturated heterocycles. The number of carbonyl (C=O) groups excluding carboxylic acids is 1. The molecule has 9 heteroatoms. The van der Waals surface area contributed by atoms with Crippen LogP contribution in [0.3, 0.4) is 0 Å². The zero-order valence-corrected chi connectivity index (χ0v) is 15.6. The molecule has 0 N–H and O–H groups in total. The summed E-state index contributed by atoms with van der Waals surface area (Å²) in [5.74, 6) is 0.672. The van der Waals surface area contributed by atoms with Crippen LogP contribution < -0.4 is 4.90 Å². The molecule has 0 aliphatic carbocycles. The fourth-order valence-corrected chi connectivity index (χ4v) is 5.09. The number of hydrogen-bond donors (Lipinski definition) is 0. The molecule has 138 valence electrons. The van der Waals surface area contributed by atoms with Crippen molar-refractivity contribution in [2.24, 2.45) is 0 Å². The van der Waals surface area contributed by atoms with Gasteiger partial charge in [0.1, 0.15) is 5.69 Å². The molecule has 0 saturated carbocycles. The van der Waals surface area contributed by atoms with Crippen molar-refractivity contribution in [1.29, 1.82) is 0 Å². The van der Waals surface area contributed by atoms with Gasteiger partial charge in [0.25, 0.3) is 5.91 Å². The monoisotopic (exact) mass is 367 g/mol. The van der Waals surface area contributed by atoms with Gasteiger partial charge in [0.05, 0.1) is 11.5 Å². The summed E-state index contributed by atoms with van der Waals surface area (Å²) in [4.78, 5) is 27.3. The fraction of sp³-hybridized carbons (Fsp3) is 0.688. The molecule has 3 heterocycles. The molecule has 1 aromatic rings. The predicted octanol–water partition coefficient (Wildman–Crippen LogP) is -0.122. The van der Waals surface area contributed by atoms with E-state index in [1.165, 1.54) is 0 Å². The average Bonchev–Trinajstić information content (AvgIpc) is 2.95. The number of anilines is 1. The third kappa shape index (κ3) is 4.09. The predicted molar refractivity (Wildman–Crippen MR) is 95.5 cm³/mol. The van der Waals surface area contributed by atoms with Crippen LogP contribution in [0.2, 0.25) is 0 Å². The van der Waals surface area contributed by atoms with Gasteiger partial charge < -0.3 is 14.7 Å². The third-order valence-corrected chi connectivity index (χ3v) is 6.65. The summed E-state index contributed by atoms with van der Waals surface area (Å²) in [6.45, 7) is 5.63. The van der Waals surface area contributed by atoms with Crippen molar-refractivity contribution in [3.8, 4) is 0 Å². The van der Waals surface area contributed by atoms with Crippen molar-refractivity contribution in [3.05, 3.63) is 18.0 Å². The van der Waals surface area contributed by atoms with E-state index in [9.17, 15) is 13.2 Å². The van der Waals surface area contributed by atoms with Crippen LogP contribution in [0.25, 0.3) is 0 Å². The van der Waals surface area contributed by atoms with Gasteiger partial charge in [-0.25, -0.2) is 18.4 Å². The highest BCUT2D eigenvalue weighted by atomic mass is 32.2. The second kappa shape index (κ2) is 7.25. The molecule has 0 aromatic carbocycles. The van der Waals surface area contributed by atoms with Crippen LogP contribution in [0.1, 0.15) is 23.8 Å². The van der Waals surface area contributed by atoms with E-state index in [1.54, 1.807) is 12.3 Å². The minimum absolute atomic E-state index is 0.0909. The molecule has 25 heavy (non-hydrogen) atoms. The summed E-state index contributed by atoms with van der Waals surface area (Å²) in [6, 6.07) is 1.51. The van der Waals surface area contributed by atoms with Crippen molar-refractivity contribution >= 4 is 21.7 Å². The smallest absolute Gasteiger partial charge is 0.272 e. The van der Waals surface area contributed by atoms with E-state index in [4.69, 9.17) is 0 Å². The van der Waals surface area contributed by atoms with Gasteiger partial charge in [-0.15, -0.1) is 0 Å². The third-order valence-electron chi connectivity index (χ3n) is 4.90. The molecule has 8 nitrogen and oxygen atoms in total. The van der Waals surface area contributed by atoms with E-state index in [0.717, 1.165) is 13.1 Å². The molecule has 2 aliphatic rings. The van der Waals surface area contributed by atoms with Gasteiger partial charge in [-0.1, -0.05) is 0 Å². The Hall–Kier alpha value is -1.74. The van der Waals surface area contributed by atoms with Gasteiger partial charge in [-0.3, -0.25) is 4.79 Å². The van der Waals surface area contributed by atoms with E-state index in [2.05, 4.69) is 14.9 Å². The number of sulfone groups is 1. The fourth-order valence-electron chi connectivity index (χ4n) is 3.36. The standard InChI is InChI=1S/C16H25N5O3S/c1-3-21(13-5-11-25(23,24)12-13)16-17-6-4-14(18-16)15(22)20-9-7-19(2)8-10-20/h4,6,13H,3,5,7-12H2,1-2H3. The van der Waals surface area contributed by atoms with Gasteiger partial charge in [0.15, 0.2) is 9.84 Å². The van der Waals surface area contributed by atoms with Gasteiger partial charge in [-0.05, 0) is 26.5 Å². The lowest BCUT2D eigenvalue weighted by molar-refractivity contribution is 0.0658. The maximum Gasteiger partial charge on any atom is 0.272 e. The Morgan fingerprint density at radius 1 is 1.32 bits per heavy atom. The number of amides is 1. The molecule has 2 fully saturated rings. The Bertz CT molecular complexity index is 731. The molecule has 0 radical (unpaired) electrons. The normalized spacial score (nSPS) is 23.6. The van der Waals surface area contributed by atoms with Crippen molar-refractivity contribution in [2.75, 3.05) is 56.2 Å². The zero-order chi connectivity index (χ0) is 18.0. The quantitative estimate of drug-likeness (QED) is 0.733. The Balaban J connectivity index is 1.77. The number of likely N-dealkylation sites (N-methyl/N-ethyl adjacent to an activating group) is 1. The van der Waals surface area contributed by atoms with E-state index in [1.807, 2.05) is 23.8 Å². The Morgan fingerprint density at radius 3 is 2.64 bits per heavy atom. The summed E-state index contributed by atoms with van der Waals surface area (Å²) in [7, 11) is -0.943. The number of nitrogens with zero attached hydrogens (tertiary/aromatic N) is 5. The van der Waals surface area contributed by atoms with Crippen molar-refractivity contribution in [2.45, 2.75) is 19.4 Å². The second-order valence-electron chi connectivity index (χ2n) is 6.68. The molecule has 0 bridgehead atoms. The zero-order valence-electron chi connectivity index (χ0n) is 14.8. The van der Waals surface area contributed by atoms with Crippen LogP contribution in [0.15, 0.2) is 12.3 Å². The highest BCUT2D eigenvalue weighted by Crippen LogP contribution is 2.21. The maximum absolute atomic E-state index is 12.7. The van der Waals surface area contributed by atoms with Crippen molar-refractivity contribution in [3.63, 3.8) is 0 Å². The molecule has 0 spiro atoms. The lowest BCUT2D eigenvalue weighted by atomic mass is 10.2. The lowest BCUT2D eigenvalue weighted by Gasteiger charge is -2.32. The summed E-state index contributed by atoms with van der Waals surface area (Å²) in [5, 5.41) is 0. The molecule has 1 aromatic heterocycles. The van der Waals surface area contributed by atoms with Crippen molar-refractivity contribution in [1.82, 2.24) is 19.8 Å². The van der Waals surface area contributed by atoms with Crippen LogP contribution in [0.4, 0.5) is 5.95 Å². The molecular formula is C16H25N5O3S. The first-order valence-corrected chi connectivity index (χ1v) is 10.5. The minimum Gasteiger partial charge on any atom is -0.337 e. The minimum atomic E-state index is -2.98. The van der Waals surface area contributed by atoms with Gasteiger partial charge in [0.2, 0.25) is 5.95 Å². The Labute approximate surface area is 148 Å². The highest BCUT2D eigenvalue weighted by molar-refractivity contribution is 7.91. The van der Waals surface area contributed by atoms with E-state index >= 15 is 0 Å². The Kier molecular flexibility index (Phi) is 5.24. The van der Waals surface area contributed by atoms with Crippen LogP contribution in [-0.4, -0.2) is 91.4 Å². The summed E-state index contributed by atoms with van der Waals surface area (Å²) in [6.07, 6.45) is 2.16. The first kappa shape index (κ1) is 18.1. The molecular weight excluding hydrogens is 342 g/mol. The number of hydrogen-bond acceptors (Lipinski definition) is 7. The highest BCUT2D eigenvalue weighted by Gasteiger charge is 2.33. The summed E-state index contributed by atoms with van der Waals surface area (Å²) in [5.41, 5.74) is 0.369. The number of carbonyl (C=O) groups is 1. The largest absolute Gasteiger partial charge is 0.337 e. The Morgan fingerprint density at radius 2 is 2.04 bits per heavy atom. The van der Waals surface area contributed by atoms with Crippen LogP contribution in [-0.2, 0) is 9.84 Å². The average molecular weight is 367 g/mol. The van der Waals surface area contributed by atoms with E-state index < -0.39 is 9.84 Å². The van der Waals surface area contributed by atoms with E-state index in [0.29, 0.717) is 37.7 Å². The van der Waals surface area contributed by atoms with Crippen molar-refractivity contribution < 1.29 is 13.2 Å². The number of piperazine rings is 1. The van der Waals surface area contributed by atoms with Gasteiger partial charge >= 0.3 is 0 Å². The molecule has 1 atom stereocenters. The molecule has 2 aliphatic heterocycles. The second-order valence-corrected chi connectivity index (χ2v) is 8.91. The SMILES string of the molecule is CCN(c1nccc(C(=O)N2CCN(C)CC2)n1)C1CCS(=O)(=O)C1. The summed E-state index contributed by atoms with van der Waals surface area (Å²) < 4.78 is 23.5. The van der Waals surface area contributed by atoms with Gasteiger partial charge in [0, 0.05) is 45.0 Å². The molecule has 1 unspecified atom stereocenters. The van der Waals surface area contributed by atoms with Crippen LogP contribution in [0.5, 0.6) is 0 Å².